The molecule has 0 amide bonds. The average Bonchev–Trinajstić information content (AvgIpc) is 2.78. The second kappa shape index (κ2) is 4.36. The molecule has 1 aliphatic heterocycles. The first kappa shape index (κ1) is 12.2. The van der Waals surface area contributed by atoms with Gasteiger partial charge in [0.15, 0.2) is 0 Å². The molecule has 1 saturated heterocycles. The number of aryl methyl sites for hydroxylation is 1. The van der Waals surface area contributed by atoms with Crippen LogP contribution in [0.15, 0.2) is 24.3 Å². The summed E-state index contributed by atoms with van der Waals surface area (Å²) in [7, 11) is 0. The van der Waals surface area contributed by atoms with Crippen molar-refractivity contribution in [2.24, 2.45) is 11.3 Å². The van der Waals surface area contributed by atoms with Gasteiger partial charge in [0.1, 0.15) is 0 Å². The smallest absolute Gasteiger partial charge is 0.0685 e. The fourth-order valence-electron chi connectivity index (χ4n) is 3.77. The van der Waals surface area contributed by atoms with E-state index in [-0.39, 0.29) is 5.41 Å². The maximum absolute atomic E-state index is 5.83. The molecule has 2 fully saturated rings. The summed E-state index contributed by atoms with van der Waals surface area (Å²) in [6.07, 6.45) is 1.70. The van der Waals surface area contributed by atoms with Crippen LogP contribution >= 0.6 is 0 Å². The van der Waals surface area contributed by atoms with Crippen molar-refractivity contribution < 1.29 is 4.74 Å². The van der Waals surface area contributed by atoms with Crippen molar-refractivity contribution in [2.45, 2.75) is 45.9 Å². The third kappa shape index (κ3) is 1.79. The molecule has 0 bridgehead atoms. The molecule has 0 radical (unpaired) electrons. The fraction of sp³-hybridized carbons (Fsp3) is 0.625. The van der Waals surface area contributed by atoms with E-state index in [0.717, 1.165) is 19.1 Å². The van der Waals surface area contributed by atoms with Crippen LogP contribution < -0.4 is 5.32 Å². The van der Waals surface area contributed by atoms with Crippen LogP contribution in [0.3, 0.4) is 0 Å². The Kier molecular flexibility index (Phi) is 2.95. The number of nitrogens with one attached hydrogen (secondary N) is 1. The molecule has 98 valence electrons. The number of benzene rings is 1. The van der Waals surface area contributed by atoms with Gasteiger partial charge in [-0.25, -0.2) is 0 Å². The lowest BCUT2D eigenvalue weighted by Gasteiger charge is -2.55. The van der Waals surface area contributed by atoms with Crippen LogP contribution in [-0.2, 0) is 11.3 Å². The van der Waals surface area contributed by atoms with Crippen molar-refractivity contribution in [1.82, 2.24) is 5.32 Å². The summed E-state index contributed by atoms with van der Waals surface area (Å²) in [4.78, 5) is 0. The number of hydrogen-bond acceptors (Lipinski definition) is 2. The highest BCUT2D eigenvalue weighted by atomic mass is 16.5. The predicted molar refractivity (Wildman–Crippen MR) is 73.4 cm³/mol. The number of rotatable bonds is 3. The van der Waals surface area contributed by atoms with E-state index in [1.54, 1.807) is 0 Å². The Morgan fingerprint density at radius 2 is 2.11 bits per heavy atom. The van der Waals surface area contributed by atoms with Gasteiger partial charge in [-0.05, 0) is 24.5 Å². The van der Waals surface area contributed by atoms with E-state index in [1.807, 2.05) is 0 Å². The Morgan fingerprint density at radius 3 is 2.89 bits per heavy atom. The van der Waals surface area contributed by atoms with Gasteiger partial charge in [-0.3, -0.25) is 0 Å². The fourth-order valence-corrected chi connectivity index (χ4v) is 3.77. The second-order valence-corrected chi connectivity index (χ2v) is 6.35. The SMILES string of the molecule is Cc1ccccc1CNC1C2CCOC2C1(C)C. The van der Waals surface area contributed by atoms with Gasteiger partial charge >= 0.3 is 0 Å². The van der Waals surface area contributed by atoms with Gasteiger partial charge in [0.25, 0.3) is 0 Å². The van der Waals surface area contributed by atoms with E-state index in [1.165, 1.54) is 17.5 Å². The van der Waals surface area contributed by atoms with Crippen molar-refractivity contribution >= 4 is 0 Å². The summed E-state index contributed by atoms with van der Waals surface area (Å²) >= 11 is 0. The Labute approximate surface area is 110 Å². The highest BCUT2D eigenvalue weighted by molar-refractivity contribution is 5.25. The van der Waals surface area contributed by atoms with E-state index in [9.17, 15) is 0 Å². The normalized spacial score (nSPS) is 32.9. The summed E-state index contributed by atoms with van der Waals surface area (Å²) in [5.74, 6) is 0.726. The van der Waals surface area contributed by atoms with Crippen molar-refractivity contribution in [2.75, 3.05) is 6.61 Å². The summed E-state index contributed by atoms with van der Waals surface area (Å²) in [5, 5.41) is 3.76. The maximum atomic E-state index is 5.83. The maximum Gasteiger partial charge on any atom is 0.0685 e. The molecule has 1 saturated carbocycles. The lowest BCUT2D eigenvalue weighted by Crippen LogP contribution is -2.65. The molecule has 2 heteroatoms. The molecule has 1 aromatic carbocycles. The van der Waals surface area contributed by atoms with E-state index in [0.29, 0.717) is 12.1 Å². The Hall–Kier alpha value is -0.860. The molecular weight excluding hydrogens is 222 g/mol. The first-order valence-corrected chi connectivity index (χ1v) is 7.00. The van der Waals surface area contributed by atoms with Crippen molar-refractivity contribution in [1.29, 1.82) is 0 Å². The highest BCUT2D eigenvalue weighted by Crippen LogP contribution is 2.52. The molecule has 1 aromatic rings. The molecule has 18 heavy (non-hydrogen) atoms. The van der Waals surface area contributed by atoms with Crippen LogP contribution in [0.1, 0.15) is 31.4 Å². The predicted octanol–water partition coefficient (Wildman–Crippen LogP) is 2.90. The van der Waals surface area contributed by atoms with E-state index >= 15 is 0 Å². The van der Waals surface area contributed by atoms with E-state index in [4.69, 9.17) is 4.74 Å². The topological polar surface area (TPSA) is 21.3 Å². The Balaban J connectivity index is 1.66. The average molecular weight is 245 g/mol. The molecular formula is C16H23NO. The Morgan fingerprint density at radius 1 is 1.33 bits per heavy atom. The molecule has 0 aromatic heterocycles. The summed E-state index contributed by atoms with van der Waals surface area (Å²) in [6.45, 7) is 8.76. The van der Waals surface area contributed by atoms with Crippen molar-refractivity contribution in [3.63, 3.8) is 0 Å². The zero-order chi connectivity index (χ0) is 12.8. The molecule has 3 unspecified atom stereocenters. The van der Waals surface area contributed by atoms with Crippen LogP contribution in [0.5, 0.6) is 0 Å². The largest absolute Gasteiger partial charge is 0.377 e. The molecule has 3 rings (SSSR count). The lowest BCUT2D eigenvalue weighted by atomic mass is 9.57. The molecule has 1 heterocycles. The van der Waals surface area contributed by atoms with Gasteiger partial charge in [0.2, 0.25) is 0 Å². The summed E-state index contributed by atoms with van der Waals surface area (Å²) in [6, 6.07) is 9.23. The molecule has 2 nitrogen and oxygen atoms in total. The van der Waals surface area contributed by atoms with Crippen molar-refractivity contribution in [3.8, 4) is 0 Å². The summed E-state index contributed by atoms with van der Waals surface area (Å²) < 4.78 is 5.83. The monoisotopic (exact) mass is 245 g/mol. The van der Waals surface area contributed by atoms with Crippen LogP contribution in [0.25, 0.3) is 0 Å². The highest BCUT2D eigenvalue weighted by Gasteiger charge is 2.58. The zero-order valence-electron chi connectivity index (χ0n) is 11.6. The molecule has 1 N–H and O–H groups in total. The quantitative estimate of drug-likeness (QED) is 0.884. The minimum Gasteiger partial charge on any atom is -0.377 e. The molecule has 3 atom stereocenters. The molecule has 0 spiro atoms. The van der Waals surface area contributed by atoms with Gasteiger partial charge in [0.05, 0.1) is 6.10 Å². The molecule has 1 aliphatic carbocycles. The number of ether oxygens (including phenoxy) is 1. The van der Waals surface area contributed by atoms with Gasteiger partial charge in [0, 0.05) is 30.5 Å². The Bertz CT molecular complexity index is 440. The minimum atomic E-state index is 0.282. The number of fused-ring (bicyclic) bond motifs is 1. The van der Waals surface area contributed by atoms with Gasteiger partial charge in [-0.15, -0.1) is 0 Å². The standard InChI is InChI=1S/C16H23NO/c1-11-6-4-5-7-12(11)10-17-14-13-8-9-18-15(13)16(14,2)3/h4-7,13-15,17H,8-10H2,1-3H3. The van der Waals surface area contributed by atoms with Crippen LogP contribution in [0.4, 0.5) is 0 Å². The van der Waals surface area contributed by atoms with Gasteiger partial charge < -0.3 is 10.1 Å². The van der Waals surface area contributed by atoms with Gasteiger partial charge in [-0.2, -0.15) is 0 Å². The first-order chi connectivity index (χ1) is 8.60. The van der Waals surface area contributed by atoms with Crippen LogP contribution in [0.2, 0.25) is 0 Å². The summed E-state index contributed by atoms with van der Waals surface area (Å²) in [5.41, 5.74) is 3.07. The number of hydrogen-bond donors (Lipinski definition) is 1. The lowest BCUT2D eigenvalue weighted by molar-refractivity contribution is -0.113. The van der Waals surface area contributed by atoms with Crippen LogP contribution in [0, 0.1) is 18.3 Å². The van der Waals surface area contributed by atoms with Crippen molar-refractivity contribution in [3.05, 3.63) is 35.4 Å². The second-order valence-electron chi connectivity index (χ2n) is 6.35. The third-order valence-corrected chi connectivity index (χ3v) is 4.87. The van der Waals surface area contributed by atoms with E-state index < -0.39 is 0 Å². The van der Waals surface area contributed by atoms with Gasteiger partial charge in [-0.1, -0.05) is 38.1 Å². The van der Waals surface area contributed by atoms with Crippen LogP contribution in [-0.4, -0.2) is 18.8 Å². The zero-order valence-corrected chi connectivity index (χ0v) is 11.6. The van der Waals surface area contributed by atoms with E-state index in [2.05, 4.69) is 50.4 Å². The first-order valence-electron chi connectivity index (χ1n) is 7.00. The molecule has 2 aliphatic rings. The third-order valence-electron chi connectivity index (χ3n) is 4.87. The minimum absolute atomic E-state index is 0.282.